The Balaban J connectivity index is 1.97. The zero-order valence-corrected chi connectivity index (χ0v) is 13.4. The topological polar surface area (TPSA) is 59.6 Å². The van der Waals surface area contributed by atoms with E-state index in [1.165, 1.54) is 0 Å². The average Bonchev–Trinajstić information content (AvgIpc) is 2.57. The van der Waals surface area contributed by atoms with Crippen molar-refractivity contribution in [3.05, 3.63) is 35.9 Å². The third kappa shape index (κ3) is 4.06. The molecule has 1 aromatic rings. The van der Waals surface area contributed by atoms with E-state index < -0.39 is 5.41 Å². The molecule has 0 saturated carbocycles. The minimum atomic E-state index is -0.422. The van der Waals surface area contributed by atoms with Crippen LogP contribution in [0.15, 0.2) is 30.3 Å². The predicted octanol–water partition coefficient (Wildman–Crippen LogP) is 1.51. The molecule has 0 aromatic heterocycles. The molecule has 5 heteroatoms. The fourth-order valence-electron chi connectivity index (χ4n) is 3.00. The molecule has 5 nitrogen and oxygen atoms in total. The van der Waals surface area contributed by atoms with E-state index in [0.717, 1.165) is 31.5 Å². The summed E-state index contributed by atoms with van der Waals surface area (Å²) in [6.45, 7) is 2.63. The number of methoxy groups -OCH3 is 2. The molecule has 1 aliphatic rings. The van der Waals surface area contributed by atoms with Crippen LogP contribution < -0.4 is 10.6 Å². The van der Waals surface area contributed by atoms with Crippen LogP contribution in [0.25, 0.3) is 0 Å². The van der Waals surface area contributed by atoms with Crippen molar-refractivity contribution < 1.29 is 14.3 Å². The van der Waals surface area contributed by atoms with E-state index in [1.54, 1.807) is 14.2 Å². The van der Waals surface area contributed by atoms with Gasteiger partial charge in [-0.15, -0.1) is 0 Å². The SMILES string of the molecule is COCC1(C(=O)NCC(OC)c2ccccc2)CCNCC1. The summed E-state index contributed by atoms with van der Waals surface area (Å²) in [4.78, 5) is 12.7. The number of benzene rings is 1. The summed E-state index contributed by atoms with van der Waals surface area (Å²) >= 11 is 0. The molecule has 22 heavy (non-hydrogen) atoms. The van der Waals surface area contributed by atoms with Crippen molar-refractivity contribution >= 4 is 5.91 Å². The molecule has 1 atom stereocenters. The highest BCUT2D eigenvalue weighted by Crippen LogP contribution is 2.29. The molecule has 1 fully saturated rings. The van der Waals surface area contributed by atoms with Crippen molar-refractivity contribution in [2.45, 2.75) is 18.9 Å². The molecular weight excluding hydrogens is 280 g/mol. The molecular formula is C17H26N2O3. The summed E-state index contributed by atoms with van der Waals surface area (Å²) in [7, 11) is 3.32. The first-order chi connectivity index (χ1) is 10.7. The highest BCUT2D eigenvalue weighted by Gasteiger charge is 2.39. The number of amides is 1. The van der Waals surface area contributed by atoms with Gasteiger partial charge in [-0.05, 0) is 31.5 Å². The minimum Gasteiger partial charge on any atom is -0.384 e. The normalized spacial score (nSPS) is 18.6. The minimum absolute atomic E-state index is 0.0637. The molecule has 2 N–H and O–H groups in total. The van der Waals surface area contributed by atoms with E-state index in [4.69, 9.17) is 9.47 Å². The van der Waals surface area contributed by atoms with Gasteiger partial charge in [0.2, 0.25) is 5.91 Å². The van der Waals surface area contributed by atoms with Crippen LogP contribution >= 0.6 is 0 Å². The van der Waals surface area contributed by atoms with E-state index in [1.807, 2.05) is 30.3 Å². The van der Waals surface area contributed by atoms with Gasteiger partial charge in [0.05, 0.1) is 18.1 Å². The predicted molar refractivity (Wildman–Crippen MR) is 85.6 cm³/mol. The average molecular weight is 306 g/mol. The molecule has 1 amide bonds. The van der Waals surface area contributed by atoms with Crippen LogP contribution in [-0.4, -0.2) is 46.4 Å². The molecule has 122 valence electrons. The third-order valence-electron chi connectivity index (χ3n) is 4.37. The van der Waals surface area contributed by atoms with E-state index in [9.17, 15) is 4.79 Å². The Hall–Kier alpha value is -1.43. The standard InChI is InChI=1S/C17H26N2O3/c1-21-13-17(8-10-18-11-9-17)16(20)19-12-15(22-2)14-6-4-3-5-7-14/h3-7,15,18H,8-13H2,1-2H3,(H,19,20). The largest absolute Gasteiger partial charge is 0.384 e. The van der Waals surface area contributed by atoms with Crippen molar-refractivity contribution in [3.63, 3.8) is 0 Å². The number of ether oxygens (including phenoxy) is 2. The van der Waals surface area contributed by atoms with Crippen molar-refractivity contribution in [3.8, 4) is 0 Å². The van der Waals surface area contributed by atoms with Crippen LogP contribution in [-0.2, 0) is 14.3 Å². The fraction of sp³-hybridized carbons (Fsp3) is 0.588. The maximum atomic E-state index is 12.7. The number of piperidine rings is 1. The summed E-state index contributed by atoms with van der Waals surface area (Å²) in [6, 6.07) is 9.94. The number of hydrogen-bond donors (Lipinski definition) is 2. The quantitative estimate of drug-likeness (QED) is 0.801. The lowest BCUT2D eigenvalue weighted by Gasteiger charge is -2.35. The van der Waals surface area contributed by atoms with Gasteiger partial charge in [0.25, 0.3) is 0 Å². The molecule has 2 rings (SSSR count). The van der Waals surface area contributed by atoms with Gasteiger partial charge < -0.3 is 20.1 Å². The molecule has 0 spiro atoms. The van der Waals surface area contributed by atoms with Crippen LogP contribution in [0.2, 0.25) is 0 Å². The fourth-order valence-corrected chi connectivity index (χ4v) is 3.00. The van der Waals surface area contributed by atoms with E-state index in [2.05, 4.69) is 10.6 Å². The van der Waals surface area contributed by atoms with Crippen molar-refractivity contribution in [1.29, 1.82) is 0 Å². The Labute approximate surface area is 132 Å². The monoisotopic (exact) mass is 306 g/mol. The molecule has 0 aliphatic carbocycles. The maximum Gasteiger partial charge on any atom is 0.228 e. The van der Waals surface area contributed by atoms with Crippen LogP contribution in [0.1, 0.15) is 24.5 Å². The van der Waals surface area contributed by atoms with Crippen molar-refractivity contribution in [2.75, 3.05) is 40.5 Å². The lowest BCUT2D eigenvalue weighted by Crippen LogP contribution is -2.50. The molecule has 0 bridgehead atoms. The molecule has 1 aliphatic heterocycles. The summed E-state index contributed by atoms with van der Waals surface area (Å²) in [5.41, 5.74) is 0.644. The van der Waals surface area contributed by atoms with Gasteiger partial charge in [-0.2, -0.15) is 0 Å². The zero-order valence-electron chi connectivity index (χ0n) is 13.4. The highest BCUT2D eigenvalue weighted by molar-refractivity contribution is 5.83. The first-order valence-corrected chi connectivity index (χ1v) is 7.77. The van der Waals surface area contributed by atoms with Crippen LogP contribution in [0, 0.1) is 5.41 Å². The first-order valence-electron chi connectivity index (χ1n) is 7.77. The van der Waals surface area contributed by atoms with E-state index in [0.29, 0.717) is 13.2 Å². The van der Waals surface area contributed by atoms with Gasteiger partial charge in [0.1, 0.15) is 0 Å². The Morgan fingerprint density at radius 3 is 2.55 bits per heavy atom. The number of carbonyl (C=O) groups excluding carboxylic acids is 1. The smallest absolute Gasteiger partial charge is 0.228 e. The number of nitrogens with one attached hydrogen (secondary N) is 2. The van der Waals surface area contributed by atoms with Crippen molar-refractivity contribution in [1.82, 2.24) is 10.6 Å². The highest BCUT2D eigenvalue weighted by atomic mass is 16.5. The van der Waals surface area contributed by atoms with Gasteiger partial charge in [-0.25, -0.2) is 0 Å². The Bertz CT molecular complexity index is 453. The summed E-state index contributed by atoms with van der Waals surface area (Å²) in [5.74, 6) is 0.0637. The van der Waals surface area contributed by atoms with Crippen molar-refractivity contribution in [2.24, 2.45) is 5.41 Å². The second-order valence-electron chi connectivity index (χ2n) is 5.81. The van der Waals surface area contributed by atoms with E-state index >= 15 is 0 Å². The summed E-state index contributed by atoms with van der Waals surface area (Å²) < 4.78 is 10.8. The van der Waals surface area contributed by atoms with Crippen LogP contribution in [0.5, 0.6) is 0 Å². The maximum absolute atomic E-state index is 12.7. The number of carbonyl (C=O) groups is 1. The van der Waals surface area contributed by atoms with Crippen LogP contribution in [0.4, 0.5) is 0 Å². The molecule has 1 saturated heterocycles. The lowest BCUT2D eigenvalue weighted by atomic mass is 9.78. The second-order valence-corrected chi connectivity index (χ2v) is 5.81. The van der Waals surface area contributed by atoms with Crippen LogP contribution in [0.3, 0.4) is 0 Å². The van der Waals surface area contributed by atoms with Gasteiger partial charge >= 0.3 is 0 Å². The number of hydrogen-bond acceptors (Lipinski definition) is 4. The van der Waals surface area contributed by atoms with E-state index in [-0.39, 0.29) is 12.0 Å². The first kappa shape index (κ1) is 16.9. The molecule has 1 aromatic carbocycles. The molecule has 1 heterocycles. The van der Waals surface area contributed by atoms with Gasteiger partial charge in [-0.3, -0.25) is 4.79 Å². The zero-order chi connectivity index (χ0) is 15.8. The van der Waals surface area contributed by atoms with Gasteiger partial charge in [-0.1, -0.05) is 30.3 Å². The Morgan fingerprint density at radius 2 is 1.95 bits per heavy atom. The summed E-state index contributed by atoms with van der Waals surface area (Å²) in [6.07, 6.45) is 1.47. The second kappa shape index (κ2) is 8.27. The summed E-state index contributed by atoms with van der Waals surface area (Å²) in [5, 5.41) is 6.35. The van der Waals surface area contributed by atoms with Gasteiger partial charge in [0.15, 0.2) is 0 Å². The lowest BCUT2D eigenvalue weighted by molar-refractivity contribution is -0.136. The Kier molecular flexibility index (Phi) is 6.36. The molecule has 0 radical (unpaired) electrons. The Morgan fingerprint density at radius 1 is 1.27 bits per heavy atom. The number of rotatable bonds is 7. The van der Waals surface area contributed by atoms with Gasteiger partial charge in [0, 0.05) is 20.8 Å². The third-order valence-corrected chi connectivity index (χ3v) is 4.37. The molecule has 1 unspecified atom stereocenters.